The zero-order chi connectivity index (χ0) is 20.5. The molecule has 0 unspecified atom stereocenters. The van der Waals surface area contributed by atoms with Gasteiger partial charge in [-0.2, -0.15) is 0 Å². The van der Waals surface area contributed by atoms with Gasteiger partial charge in [0, 0.05) is 37.7 Å². The molecule has 1 aromatic carbocycles. The van der Waals surface area contributed by atoms with Crippen molar-refractivity contribution >= 4 is 17.1 Å². The number of nitrogens with zero attached hydrogens (tertiary/aromatic N) is 4. The summed E-state index contributed by atoms with van der Waals surface area (Å²) < 4.78 is 7.70. The Bertz CT molecular complexity index is 1050. The smallest absolute Gasteiger partial charge is 0.225 e. The molecule has 1 saturated carbocycles. The standard InChI is InChI=1S/C24H28N4O2/c1-30-20-5-2-4-17(16-20)7-10-22-26-21-6-3-13-25-23(21)28(22)19-11-14-27(15-12-19)24(29)18-8-9-18/h2-6,13,16,18-19H,7-12,14-15H2,1H3. The number of aromatic nitrogens is 3. The lowest BCUT2D eigenvalue weighted by Gasteiger charge is -2.33. The number of aryl methyl sites for hydroxylation is 2. The van der Waals surface area contributed by atoms with Crippen molar-refractivity contribution in [3.05, 3.63) is 54.0 Å². The third-order valence-electron chi connectivity index (χ3n) is 6.36. The first kappa shape index (κ1) is 19.1. The lowest BCUT2D eigenvalue weighted by atomic mass is 10.0. The Kier molecular flexibility index (Phi) is 5.15. The monoisotopic (exact) mass is 404 g/mol. The fourth-order valence-electron chi connectivity index (χ4n) is 4.55. The maximum absolute atomic E-state index is 12.4. The number of rotatable bonds is 6. The zero-order valence-electron chi connectivity index (χ0n) is 17.5. The molecule has 156 valence electrons. The summed E-state index contributed by atoms with van der Waals surface area (Å²) in [6.07, 6.45) is 7.67. The highest BCUT2D eigenvalue weighted by molar-refractivity contribution is 5.81. The Labute approximate surface area is 176 Å². The van der Waals surface area contributed by atoms with Crippen molar-refractivity contribution in [1.82, 2.24) is 19.4 Å². The molecule has 2 aromatic heterocycles. The number of ether oxygens (including phenoxy) is 1. The second-order valence-corrected chi connectivity index (χ2v) is 8.43. The number of methoxy groups -OCH3 is 1. The van der Waals surface area contributed by atoms with Gasteiger partial charge in [-0.3, -0.25) is 4.79 Å². The highest BCUT2D eigenvalue weighted by atomic mass is 16.5. The largest absolute Gasteiger partial charge is 0.497 e. The second kappa shape index (κ2) is 8.09. The predicted molar refractivity (Wildman–Crippen MR) is 116 cm³/mol. The van der Waals surface area contributed by atoms with Gasteiger partial charge in [-0.15, -0.1) is 0 Å². The molecule has 6 nitrogen and oxygen atoms in total. The molecule has 1 aliphatic heterocycles. The second-order valence-electron chi connectivity index (χ2n) is 8.43. The molecule has 0 spiro atoms. The van der Waals surface area contributed by atoms with Crippen LogP contribution in [0.3, 0.4) is 0 Å². The quantitative estimate of drug-likeness (QED) is 0.627. The van der Waals surface area contributed by atoms with Crippen molar-refractivity contribution in [2.24, 2.45) is 5.92 Å². The Morgan fingerprint density at radius 2 is 1.93 bits per heavy atom. The van der Waals surface area contributed by atoms with E-state index in [1.165, 1.54) is 5.56 Å². The van der Waals surface area contributed by atoms with E-state index in [-0.39, 0.29) is 0 Å². The van der Waals surface area contributed by atoms with Gasteiger partial charge in [0.05, 0.1) is 7.11 Å². The van der Waals surface area contributed by atoms with Gasteiger partial charge in [0.2, 0.25) is 5.91 Å². The molecule has 6 heteroatoms. The Morgan fingerprint density at radius 3 is 2.70 bits per heavy atom. The highest BCUT2D eigenvalue weighted by Gasteiger charge is 2.35. The number of carbonyl (C=O) groups is 1. The number of piperidine rings is 1. The van der Waals surface area contributed by atoms with Crippen LogP contribution in [0, 0.1) is 5.92 Å². The van der Waals surface area contributed by atoms with Crippen molar-refractivity contribution in [3.8, 4) is 5.75 Å². The van der Waals surface area contributed by atoms with Crippen LogP contribution in [0.25, 0.3) is 11.2 Å². The molecule has 0 bridgehead atoms. The van der Waals surface area contributed by atoms with E-state index < -0.39 is 0 Å². The fourth-order valence-corrected chi connectivity index (χ4v) is 4.55. The number of hydrogen-bond donors (Lipinski definition) is 0. The van der Waals surface area contributed by atoms with Gasteiger partial charge in [-0.05, 0) is 61.9 Å². The number of carbonyl (C=O) groups excluding carboxylic acids is 1. The van der Waals surface area contributed by atoms with E-state index in [4.69, 9.17) is 9.72 Å². The van der Waals surface area contributed by atoms with Crippen molar-refractivity contribution < 1.29 is 9.53 Å². The summed E-state index contributed by atoms with van der Waals surface area (Å²) in [5, 5.41) is 0. The first-order valence-corrected chi connectivity index (χ1v) is 11.0. The third-order valence-corrected chi connectivity index (χ3v) is 6.36. The lowest BCUT2D eigenvalue weighted by Crippen LogP contribution is -2.40. The summed E-state index contributed by atoms with van der Waals surface area (Å²) in [6.45, 7) is 1.67. The molecule has 1 saturated heterocycles. The van der Waals surface area contributed by atoms with E-state index in [0.29, 0.717) is 17.9 Å². The SMILES string of the molecule is COc1cccc(CCc2nc3cccnc3n2C2CCN(C(=O)C3CC3)CC2)c1. The van der Waals surface area contributed by atoms with Crippen molar-refractivity contribution in [2.45, 2.75) is 44.6 Å². The Morgan fingerprint density at radius 1 is 1.10 bits per heavy atom. The molecule has 1 aliphatic carbocycles. The van der Waals surface area contributed by atoms with Crippen LogP contribution < -0.4 is 4.74 Å². The molecule has 1 amide bonds. The van der Waals surface area contributed by atoms with Gasteiger partial charge in [0.25, 0.3) is 0 Å². The van der Waals surface area contributed by atoms with E-state index in [0.717, 1.165) is 74.4 Å². The van der Waals surface area contributed by atoms with Crippen LogP contribution in [0.4, 0.5) is 0 Å². The summed E-state index contributed by atoms with van der Waals surface area (Å²) in [6, 6.07) is 12.6. The van der Waals surface area contributed by atoms with E-state index >= 15 is 0 Å². The van der Waals surface area contributed by atoms with Gasteiger partial charge in [0.15, 0.2) is 5.65 Å². The van der Waals surface area contributed by atoms with Crippen LogP contribution >= 0.6 is 0 Å². The summed E-state index contributed by atoms with van der Waals surface area (Å²) in [5.41, 5.74) is 3.16. The molecule has 2 aliphatic rings. The Balaban J connectivity index is 1.36. The van der Waals surface area contributed by atoms with Gasteiger partial charge < -0.3 is 14.2 Å². The van der Waals surface area contributed by atoms with E-state index in [2.05, 4.69) is 26.6 Å². The van der Waals surface area contributed by atoms with E-state index in [1.54, 1.807) is 7.11 Å². The van der Waals surface area contributed by atoms with Gasteiger partial charge in [-0.1, -0.05) is 12.1 Å². The average Bonchev–Trinajstić information content (AvgIpc) is 3.58. The van der Waals surface area contributed by atoms with E-state index in [1.807, 2.05) is 30.5 Å². The van der Waals surface area contributed by atoms with Gasteiger partial charge >= 0.3 is 0 Å². The molecule has 3 heterocycles. The number of amides is 1. The summed E-state index contributed by atoms with van der Waals surface area (Å²) in [5.74, 6) is 2.63. The molecule has 0 atom stereocenters. The summed E-state index contributed by atoms with van der Waals surface area (Å²) in [4.78, 5) is 24.1. The zero-order valence-corrected chi connectivity index (χ0v) is 17.5. The number of imidazole rings is 1. The molecule has 5 rings (SSSR count). The van der Waals surface area contributed by atoms with Crippen LogP contribution in [0.15, 0.2) is 42.6 Å². The topological polar surface area (TPSA) is 60.3 Å². The van der Waals surface area contributed by atoms with Crippen LogP contribution in [0.1, 0.15) is 43.1 Å². The molecule has 0 N–H and O–H groups in total. The normalized spacial score (nSPS) is 17.4. The number of hydrogen-bond acceptors (Lipinski definition) is 4. The van der Waals surface area contributed by atoms with Crippen LogP contribution in [-0.2, 0) is 17.6 Å². The fraction of sp³-hybridized carbons (Fsp3) is 0.458. The summed E-state index contributed by atoms with van der Waals surface area (Å²) >= 11 is 0. The van der Waals surface area contributed by atoms with Gasteiger partial charge in [-0.25, -0.2) is 9.97 Å². The number of fused-ring (bicyclic) bond motifs is 1. The van der Waals surface area contributed by atoms with Crippen molar-refractivity contribution in [3.63, 3.8) is 0 Å². The van der Waals surface area contributed by atoms with Gasteiger partial charge in [0.1, 0.15) is 17.1 Å². The van der Waals surface area contributed by atoms with Crippen LogP contribution in [-0.4, -0.2) is 45.5 Å². The molecule has 3 aromatic rings. The van der Waals surface area contributed by atoms with E-state index in [9.17, 15) is 4.79 Å². The average molecular weight is 405 g/mol. The molecular formula is C24H28N4O2. The summed E-state index contributed by atoms with van der Waals surface area (Å²) in [7, 11) is 1.70. The van der Waals surface area contributed by atoms with Crippen molar-refractivity contribution in [2.75, 3.05) is 20.2 Å². The highest BCUT2D eigenvalue weighted by Crippen LogP contribution is 2.34. The minimum Gasteiger partial charge on any atom is -0.497 e. The predicted octanol–water partition coefficient (Wildman–Crippen LogP) is 3.80. The van der Waals surface area contributed by atoms with Crippen molar-refractivity contribution in [1.29, 1.82) is 0 Å². The first-order chi connectivity index (χ1) is 14.7. The van der Waals surface area contributed by atoms with Crippen LogP contribution in [0.2, 0.25) is 0 Å². The third kappa shape index (κ3) is 3.78. The Hall–Kier alpha value is -2.89. The lowest BCUT2D eigenvalue weighted by molar-refractivity contribution is -0.133. The first-order valence-electron chi connectivity index (χ1n) is 11.0. The number of pyridine rings is 1. The maximum Gasteiger partial charge on any atom is 0.225 e. The molecular weight excluding hydrogens is 376 g/mol. The number of likely N-dealkylation sites (tertiary alicyclic amines) is 1. The molecule has 2 fully saturated rings. The minimum atomic E-state index is 0.302. The molecule has 0 radical (unpaired) electrons. The molecule has 30 heavy (non-hydrogen) atoms. The maximum atomic E-state index is 12.4. The minimum absolute atomic E-state index is 0.302. The number of benzene rings is 1. The van der Waals surface area contributed by atoms with Crippen LogP contribution in [0.5, 0.6) is 5.75 Å².